The number of ether oxygens (including phenoxy) is 1. The zero-order chi connectivity index (χ0) is 16.6. The Labute approximate surface area is 142 Å². The van der Waals surface area contributed by atoms with Crippen LogP contribution in [0.2, 0.25) is 0 Å². The van der Waals surface area contributed by atoms with Crippen molar-refractivity contribution < 1.29 is 9.84 Å². The number of aliphatic hydroxyl groups excluding tert-OH is 1. The largest absolute Gasteiger partial charge is 0.392 e. The molecular weight excluding hydrogens is 284 g/mol. The highest BCUT2D eigenvalue weighted by molar-refractivity contribution is 5.21. The fourth-order valence-corrected chi connectivity index (χ4v) is 2.45. The van der Waals surface area contributed by atoms with E-state index in [4.69, 9.17) is 9.84 Å². The summed E-state index contributed by atoms with van der Waals surface area (Å²) < 4.78 is 5.54. The molecule has 0 fully saturated rings. The molecule has 2 heteroatoms. The van der Waals surface area contributed by atoms with Gasteiger partial charge < -0.3 is 9.84 Å². The first-order chi connectivity index (χ1) is 11.4. The molecule has 2 nitrogen and oxygen atoms in total. The predicted molar refractivity (Wildman–Crippen MR) is 97.0 cm³/mol. The predicted octanol–water partition coefficient (Wildman–Crippen LogP) is 5.23. The van der Waals surface area contributed by atoms with E-state index in [0.29, 0.717) is 13.2 Å². The minimum absolute atomic E-state index is 0.0886. The van der Waals surface area contributed by atoms with Crippen LogP contribution in [-0.2, 0) is 18.0 Å². The van der Waals surface area contributed by atoms with Crippen LogP contribution in [0.4, 0.5) is 0 Å². The molecule has 1 aromatic carbocycles. The Hall–Kier alpha value is -1.30. The van der Waals surface area contributed by atoms with Crippen LogP contribution >= 0.6 is 0 Å². The van der Waals surface area contributed by atoms with Crippen molar-refractivity contribution in [2.24, 2.45) is 0 Å². The number of hydrogen-bond acceptors (Lipinski definition) is 2. The Morgan fingerprint density at radius 3 is 2.09 bits per heavy atom. The lowest BCUT2D eigenvalue weighted by molar-refractivity contribution is 0.153. The third kappa shape index (κ3) is 11.0. The SMILES string of the molecule is CCCCCCCCCCC#CCOCc1ccc(CO)cc1. The molecule has 0 atom stereocenters. The third-order valence-electron chi connectivity index (χ3n) is 3.93. The summed E-state index contributed by atoms with van der Waals surface area (Å²) in [7, 11) is 0. The quantitative estimate of drug-likeness (QED) is 0.422. The Kier molecular flexibility index (Phi) is 12.3. The van der Waals surface area contributed by atoms with Gasteiger partial charge in [-0.05, 0) is 17.5 Å². The van der Waals surface area contributed by atoms with Gasteiger partial charge in [-0.25, -0.2) is 0 Å². The van der Waals surface area contributed by atoms with Crippen molar-refractivity contribution >= 4 is 0 Å². The summed E-state index contributed by atoms with van der Waals surface area (Å²) >= 11 is 0. The molecule has 0 heterocycles. The lowest BCUT2D eigenvalue weighted by Crippen LogP contribution is -1.93. The van der Waals surface area contributed by atoms with Gasteiger partial charge in [0, 0.05) is 6.42 Å². The van der Waals surface area contributed by atoms with Gasteiger partial charge in [0.2, 0.25) is 0 Å². The van der Waals surface area contributed by atoms with Crippen LogP contribution < -0.4 is 0 Å². The Bertz CT molecular complexity index is 439. The van der Waals surface area contributed by atoms with E-state index in [1.165, 1.54) is 51.4 Å². The molecular formula is C21H32O2. The molecule has 0 saturated heterocycles. The second kappa shape index (κ2) is 14.3. The van der Waals surface area contributed by atoms with Crippen molar-refractivity contribution in [1.29, 1.82) is 0 Å². The van der Waals surface area contributed by atoms with E-state index in [9.17, 15) is 0 Å². The molecule has 1 rings (SSSR count). The zero-order valence-electron chi connectivity index (χ0n) is 14.7. The second-order valence-corrected chi connectivity index (χ2v) is 6.05. The Morgan fingerprint density at radius 1 is 0.826 bits per heavy atom. The van der Waals surface area contributed by atoms with Crippen molar-refractivity contribution in [2.75, 3.05) is 6.61 Å². The highest BCUT2D eigenvalue weighted by atomic mass is 16.5. The van der Waals surface area contributed by atoms with Crippen LogP contribution in [0.5, 0.6) is 0 Å². The van der Waals surface area contributed by atoms with Crippen molar-refractivity contribution in [3.05, 3.63) is 35.4 Å². The third-order valence-corrected chi connectivity index (χ3v) is 3.93. The van der Waals surface area contributed by atoms with Crippen molar-refractivity contribution in [3.63, 3.8) is 0 Å². The van der Waals surface area contributed by atoms with Gasteiger partial charge in [0.25, 0.3) is 0 Å². The molecule has 0 saturated carbocycles. The van der Waals surface area contributed by atoms with Crippen molar-refractivity contribution in [2.45, 2.75) is 77.9 Å². The first-order valence-electron chi connectivity index (χ1n) is 9.09. The lowest BCUT2D eigenvalue weighted by atomic mass is 10.1. The number of unbranched alkanes of at least 4 members (excludes halogenated alkanes) is 8. The highest BCUT2D eigenvalue weighted by Gasteiger charge is 1.93. The normalized spacial score (nSPS) is 10.3. The lowest BCUT2D eigenvalue weighted by Gasteiger charge is -2.02. The van der Waals surface area contributed by atoms with Gasteiger partial charge >= 0.3 is 0 Å². The topological polar surface area (TPSA) is 29.5 Å². The Balaban J connectivity index is 1.93. The monoisotopic (exact) mass is 316 g/mol. The van der Waals surface area contributed by atoms with E-state index in [0.717, 1.165) is 17.5 Å². The van der Waals surface area contributed by atoms with E-state index in [1.54, 1.807) is 0 Å². The maximum Gasteiger partial charge on any atom is 0.108 e. The van der Waals surface area contributed by atoms with Crippen molar-refractivity contribution in [1.82, 2.24) is 0 Å². The molecule has 1 aromatic rings. The molecule has 23 heavy (non-hydrogen) atoms. The van der Waals surface area contributed by atoms with E-state index in [1.807, 2.05) is 24.3 Å². The van der Waals surface area contributed by atoms with E-state index in [2.05, 4.69) is 18.8 Å². The molecule has 0 amide bonds. The molecule has 0 unspecified atom stereocenters. The van der Waals surface area contributed by atoms with Gasteiger partial charge in [0.15, 0.2) is 0 Å². The van der Waals surface area contributed by atoms with Crippen LogP contribution in [0.25, 0.3) is 0 Å². The van der Waals surface area contributed by atoms with Crippen LogP contribution in [0.1, 0.15) is 75.8 Å². The van der Waals surface area contributed by atoms with Gasteiger partial charge in [0.1, 0.15) is 6.61 Å². The van der Waals surface area contributed by atoms with Crippen LogP contribution in [0.3, 0.4) is 0 Å². The van der Waals surface area contributed by atoms with Crippen molar-refractivity contribution in [3.8, 4) is 11.8 Å². The van der Waals surface area contributed by atoms with E-state index < -0.39 is 0 Å². The summed E-state index contributed by atoms with van der Waals surface area (Å²) in [6.45, 7) is 3.43. The van der Waals surface area contributed by atoms with E-state index in [-0.39, 0.29) is 6.61 Å². The van der Waals surface area contributed by atoms with Gasteiger partial charge in [0.05, 0.1) is 13.2 Å². The van der Waals surface area contributed by atoms with Crippen LogP contribution in [0, 0.1) is 11.8 Å². The summed E-state index contributed by atoms with van der Waals surface area (Å²) in [5.74, 6) is 6.28. The average molecular weight is 316 g/mol. The molecule has 0 aromatic heterocycles. The minimum Gasteiger partial charge on any atom is -0.392 e. The van der Waals surface area contributed by atoms with Gasteiger partial charge in [-0.3, -0.25) is 0 Å². The standard InChI is InChI=1S/C21H32O2/c1-2-3-4-5-6-7-8-9-10-11-12-17-23-19-21-15-13-20(18-22)14-16-21/h13-16,22H,2-10,17-19H2,1H3. The number of rotatable bonds is 12. The molecule has 0 radical (unpaired) electrons. The highest BCUT2D eigenvalue weighted by Crippen LogP contribution is 2.09. The zero-order valence-corrected chi connectivity index (χ0v) is 14.7. The smallest absolute Gasteiger partial charge is 0.108 e. The van der Waals surface area contributed by atoms with Gasteiger partial charge in [-0.2, -0.15) is 0 Å². The molecule has 0 aliphatic rings. The number of benzene rings is 1. The molecule has 1 N–H and O–H groups in total. The summed E-state index contributed by atoms with van der Waals surface area (Å²) in [4.78, 5) is 0. The minimum atomic E-state index is 0.0886. The van der Waals surface area contributed by atoms with Crippen LogP contribution in [-0.4, -0.2) is 11.7 Å². The maximum absolute atomic E-state index is 8.98. The fraction of sp³-hybridized carbons (Fsp3) is 0.619. The van der Waals surface area contributed by atoms with E-state index >= 15 is 0 Å². The van der Waals surface area contributed by atoms with Gasteiger partial charge in [-0.15, -0.1) is 5.92 Å². The number of hydrogen-bond donors (Lipinski definition) is 1. The summed E-state index contributed by atoms with van der Waals surface area (Å²) in [6, 6.07) is 7.82. The summed E-state index contributed by atoms with van der Waals surface area (Å²) in [5, 5.41) is 8.98. The summed E-state index contributed by atoms with van der Waals surface area (Å²) in [6.07, 6.45) is 11.7. The first-order valence-corrected chi connectivity index (χ1v) is 9.09. The molecule has 0 spiro atoms. The first kappa shape index (κ1) is 19.7. The fourth-order valence-electron chi connectivity index (χ4n) is 2.45. The number of aliphatic hydroxyl groups is 1. The molecule has 0 bridgehead atoms. The summed E-state index contributed by atoms with van der Waals surface area (Å²) in [5.41, 5.74) is 2.05. The Morgan fingerprint density at radius 2 is 1.43 bits per heavy atom. The molecule has 128 valence electrons. The van der Waals surface area contributed by atoms with Crippen LogP contribution in [0.15, 0.2) is 24.3 Å². The second-order valence-electron chi connectivity index (χ2n) is 6.05. The molecule has 0 aliphatic carbocycles. The molecule has 0 aliphatic heterocycles. The maximum atomic E-state index is 8.98. The van der Waals surface area contributed by atoms with Gasteiger partial charge in [-0.1, -0.05) is 82.1 Å². The average Bonchev–Trinajstić information content (AvgIpc) is 2.59.